The first-order chi connectivity index (χ1) is 11.5. The lowest BCUT2D eigenvalue weighted by atomic mass is 10.1. The highest BCUT2D eigenvalue weighted by Crippen LogP contribution is 2.19. The van der Waals surface area contributed by atoms with Crippen molar-refractivity contribution in [1.82, 2.24) is 15.2 Å². The number of carbonyl (C=O) groups is 2. The van der Waals surface area contributed by atoms with Crippen LogP contribution >= 0.6 is 0 Å². The molecule has 1 aromatic carbocycles. The van der Waals surface area contributed by atoms with E-state index in [9.17, 15) is 9.59 Å². The predicted molar refractivity (Wildman–Crippen MR) is 86.2 cm³/mol. The average molecular weight is 329 g/mol. The van der Waals surface area contributed by atoms with Gasteiger partial charge in [-0.15, -0.1) is 0 Å². The van der Waals surface area contributed by atoms with Crippen molar-refractivity contribution < 1.29 is 19.1 Å². The molecule has 0 radical (unpaired) electrons. The molecule has 1 atom stereocenters. The molecule has 126 valence electrons. The monoisotopic (exact) mass is 329 g/mol. The Hall–Kier alpha value is -2.83. The first-order valence-electron chi connectivity index (χ1n) is 7.80. The van der Waals surface area contributed by atoms with Gasteiger partial charge in [0.05, 0.1) is 18.2 Å². The van der Waals surface area contributed by atoms with Gasteiger partial charge >= 0.3 is 12.0 Å². The number of urea groups is 1. The molecule has 0 aliphatic carbocycles. The van der Waals surface area contributed by atoms with Crippen molar-refractivity contribution in [2.75, 3.05) is 13.1 Å². The number of carbonyl (C=O) groups excluding carboxylic acids is 1. The zero-order chi connectivity index (χ0) is 17.1. The number of carboxylic acid groups (broad SMARTS) is 1. The molecule has 2 heterocycles. The van der Waals surface area contributed by atoms with Crippen molar-refractivity contribution >= 4 is 12.0 Å². The normalized spacial score (nSPS) is 17.0. The van der Waals surface area contributed by atoms with Crippen molar-refractivity contribution in [1.29, 1.82) is 0 Å². The van der Waals surface area contributed by atoms with Crippen molar-refractivity contribution in [3.63, 3.8) is 0 Å². The van der Waals surface area contributed by atoms with Crippen LogP contribution in [-0.4, -0.2) is 40.1 Å². The van der Waals surface area contributed by atoms with Crippen LogP contribution < -0.4 is 5.32 Å². The zero-order valence-corrected chi connectivity index (χ0v) is 13.4. The number of hydrogen-bond donors (Lipinski definition) is 2. The molecule has 24 heavy (non-hydrogen) atoms. The molecule has 2 amide bonds. The number of aliphatic carboxylic acids is 1. The summed E-state index contributed by atoms with van der Waals surface area (Å²) in [4.78, 5) is 28.9. The molecule has 1 aliphatic heterocycles. The number of oxazole rings is 1. The molecule has 1 saturated heterocycles. The first-order valence-corrected chi connectivity index (χ1v) is 7.80. The van der Waals surface area contributed by atoms with Gasteiger partial charge in [0, 0.05) is 18.7 Å². The van der Waals surface area contributed by atoms with Crippen LogP contribution in [0.15, 0.2) is 34.9 Å². The Morgan fingerprint density at radius 2 is 2.12 bits per heavy atom. The summed E-state index contributed by atoms with van der Waals surface area (Å²) in [7, 11) is 0. The van der Waals surface area contributed by atoms with Gasteiger partial charge in [-0.3, -0.25) is 4.79 Å². The maximum Gasteiger partial charge on any atom is 0.317 e. The third kappa shape index (κ3) is 3.56. The van der Waals surface area contributed by atoms with Crippen LogP contribution in [0.2, 0.25) is 0 Å². The summed E-state index contributed by atoms with van der Waals surface area (Å²) in [5, 5.41) is 11.7. The van der Waals surface area contributed by atoms with Crippen molar-refractivity contribution in [3.05, 3.63) is 41.8 Å². The summed E-state index contributed by atoms with van der Waals surface area (Å²) < 4.78 is 5.44. The van der Waals surface area contributed by atoms with Gasteiger partial charge < -0.3 is 19.7 Å². The molecule has 7 nitrogen and oxygen atoms in total. The van der Waals surface area contributed by atoms with E-state index in [0.717, 1.165) is 11.1 Å². The topological polar surface area (TPSA) is 95.7 Å². The number of amides is 2. The quantitative estimate of drug-likeness (QED) is 0.897. The SMILES string of the molecule is Cc1ccc(-c2nc(CNC(=O)N3CCC(C(=O)O)C3)co2)cc1. The standard InChI is InChI=1S/C17H19N3O4/c1-11-2-4-12(5-3-11)15-19-14(10-24-15)8-18-17(23)20-7-6-13(9-20)16(21)22/h2-5,10,13H,6-9H2,1H3,(H,18,23)(H,21,22). The second kappa shape index (κ2) is 6.74. The van der Waals surface area contributed by atoms with E-state index in [1.54, 1.807) is 0 Å². The molecule has 3 rings (SSSR count). The van der Waals surface area contributed by atoms with E-state index >= 15 is 0 Å². The second-order valence-electron chi connectivity index (χ2n) is 5.94. The fraction of sp³-hybridized carbons (Fsp3) is 0.353. The second-order valence-corrected chi connectivity index (χ2v) is 5.94. The highest BCUT2D eigenvalue weighted by Gasteiger charge is 2.30. The number of nitrogens with one attached hydrogen (secondary N) is 1. The number of nitrogens with zero attached hydrogens (tertiary/aromatic N) is 2. The van der Waals surface area contributed by atoms with Gasteiger partial charge in [0.15, 0.2) is 0 Å². The Bertz CT molecular complexity index is 739. The van der Waals surface area contributed by atoms with E-state index in [1.807, 2.05) is 31.2 Å². The Balaban J connectivity index is 1.55. The Morgan fingerprint density at radius 1 is 1.38 bits per heavy atom. The van der Waals surface area contributed by atoms with E-state index in [-0.39, 0.29) is 19.1 Å². The summed E-state index contributed by atoms with van der Waals surface area (Å²) in [5.74, 6) is -0.827. The molecule has 0 saturated carbocycles. The van der Waals surface area contributed by atoms with E-state index in [0.29, 0.717) is 24.6 Å². The van der Waals surface area contributed by atoms with E-state index in [4.69, 9.17) is 9.52 Å². The molecule has 2 aromatic rings. The minimum atomic E-state index is -0.857. The lowest BCUT2D eigenvalue weighted by Gasteiger charge is -2.15. The molecule has 1 fully saturated rings. The van der Waals surface area contributed by atoms with Crippen LogP contribution in [0, 0.1) is 12.8 Å². The maximum absolute atomic E-state index is 12.1. The van der Waals surface area contributed by atoms with Gasteiger partial charge in [-0.2, -0.15) is 0 Å². The Kier molecular flexibility index (Phi) is 4.50. The Morgan fingerprint density at radius 3 is 2.79 bits per heavy atom. The van der Waals surface area contributed by atoms with Crippen LogP contribution in [0.4, 0.5) is 4.79 Å². The average Bonchev–Trinajstić information content (AvgIpc) is 3.23. The largest absolute Gasteiger partial charge is 0.481 e. The van der Waals surface area contributed by atoms with Gasteiger partial charge in [-0.05, 0) is 25.5 Å². The number of aromatic nitrogens is 1. The van der Waals surface area contributed by atoms with Crippen molar-refractivity contribution in [3.8, 4) is 11.5 Å². The molecule has 7 heteroatoms. The zero-order valence-electron chi connectivity index (χ0n) is 13.4. The van der Waals surface area contributed by atoms with E-state index < -0.39 is 11.9 Å². The van der Waals surface area contributed by atoms with Crippen LogP contribution in [-0.2, 0) is 11.3 Å². The lowest BCUT2D eigenvalue weighted by Crippen LogP contribution is -2.38. The van der Waals surface area contributed by atoms with Gasteiger partial charge in [0.25, 0.3) is 0 Å². The van der Waals surface area contributed by atoms with Crippen molar-refractivity contribution in [2.45, 2.75) is 19.9 Å². The molecule has 2 N–H and O–H groups in total. The number of likely N-dealkylation sites (tertiary alicyclic amines) is 1. The molecular formula is C17H19N3O4. The fourth-order valence-electron chi connectivity index (χ4n) is 2.64. The van der Waals surface area contributed by atoms with Crippen LogP contribution in [0.25, 0.3) is 11.5 Å². The lowest BCUT2D eigenvalue weighted by molar-refractivity contribution is -0.141. The van der Waals surface area contributed by atoms with Gasteiger partial charge in [-0.1, -0.05) is 17.7 Å². The van der Waals surface area contributed by atoms with Crippen LogP contribution in [0.3, 0.4) is 0 Å². The van der Waals surface area contributed by atoms with E-state index in [1.165, 1.54) is 11.2 Å². The smallest absolute Gasteiger partial charge is 0.317 e. The summed E-state index contributed by atoms with van der Waals surface area (Å²) in [6.45, 7) is 2.95. The highest BCUT2D eigenvalue weighted by atomic mass is 16.4. The molecule has 1 aromatic heterocycles. The Labute approximate surface area is 139 Å². The predicted octanol–water partition coefficient (Wildman–Crippen LogP) is 2.27. The summed E-state index contributed by atoms with van der Waals surface area (Å²) >= 11 is 0. The molecule has 1 unspecified atom stereocenters. The van der Waals surface area contributed by atoms with E-state index in [2.05, 4.69) is 10.3 Å². The van der Waals surface area contributed by atoms with Crippen LogP contribution in [0.5, 0.6) is 0 Å². The molecule has 0 spiro atoms. The summed E-state index contributed by atoms with van der Waals surface area (Å²) in [5.41, 5.74) is 2.65. The number of rotatable bonds is 4. The van der Waals surface area contributed by atoms with Crippen molar-refractivity contribution in [2.24, 2.45) is 5.92 Å². The fourth-order valence-corrected chi connectivity index (χ4v) is 2.64. The van der Waals surface area contributed by atoms with Gasteiger partial charge in [0.1, 0.15) is 6.26 Å². The minimum absolute atomic E-state index is 0.239. The third-order valence-electron chi connectivity index (χ3n) is 4.10. The number of hydrogen-bond acceptors (Lipinski definition) is 4. The minimum Gasteiger partial charge on any atom is -0.481 e. The summed E-state index contributed by atoms with van der Waals surface area (Å²) in [6.07, 6.45) is 2.00. The van der Waals surface area contributed by atoms with Gasteiger partial charge in [0.2, 0.25) is 5.89 Å². The maximum atomic E-state index is 12.1. The number of aryl methyl sites for hydroxylation is 1. The highest BCUT2D eigenvalue weighted by molar-refractivity contribution is 5.77. The van der Waals surface area contributed by atoms with Crippen LogP contribution in [0.1, 0.15) is 17.7 Å². The number of benzene rings is 1. The summed E-state index contributed by atoms with van der Waals surface area (Å²) in [6, 6.07) is 7.54. The van der Waals surface area contributed by atoms with Gasteiger partial charge in [-0.25, -0.2) is 9.78 Å². The molecular weight excluding hydrogens is 310 g/mol. The number of carboxylic acids is 1. The molecule has 1 aliphatic rings. The third-order valence-corrected chi connectivity index (χ3v) is 4.10. The molecule has 0 bridgehead atoms. The first kappa shape index (κ1) is 16.0.